The molecule has 0 radical (unpaired) electrons. The number of fused-ring (bicyclic) bond motifs is 6. The van der Waals surface area contributed by atoms with Gasteiger partial charge in [-0.1, -0.05) is 66.7 Å². The Morgan fingerprint density at radius 1 is 0.850 bits per heavy atom. The molecule has 1 unspecified atom stereocenters. The third-order valence-corrected chi connectivity index (χ3v) is 8.26. The van der Waals surface area contributed by atoms with Crippen LogP contribution in [0.15, 0.2) is 109 Å². The number of nitrogens with zero attached hydrogens (tertiary/aromatic N) is 1. The molecule has 7 heteroatoms. The molecule has 6 nitrogen and oxygen atoms in total. The van der Waals surface area contributed by atoms with Crippen molar-refractivity contribution in [3.8, 4) is 0 Å². The lowest BCUT2D eigenvalue weighted by molar-refractivity contribution is -0.122. The second-order valence-corrected chi connectivity index (χ2v) is 10.3. The van der Waals surface area contributed by atoms with Gasteiger partial charge in [0, 0.05) is 22.6 Å². The Morgan fingerprint density at radius 3 is 2.35 bits per heavy atom. The summed E-state index contributed by atoms with van der Waals surface area (Å²) in [4.78, 5) is 45.0. The molecule has 3 heterocycles. The maximum atomic E-state index is 14.6. The Labute approximate surface area is 230 Å². The van der Waals surface area contributed by atoms with Crippen LogP contribution in [-0.2, 0) is 15.0 Å². The molecule has 7 rings (SSSR count). The summed E-state index contributed by atoms with van der Waals surface area (Å²) in [5.74, 6) is -2.75. The fourth-order valence-corrected chi connectivity index (χ4v) is 6.65. The van der Waals surface area contributed by atoms with Gasteiger partial charge in [-0.05, 0) is 59.7 Å². The van der Waals surface area contributed by atoms with Gasteiger partial charge in [0.1, 0.15) is 17.3 Å². The summed E-state index contributed by atoms with van der Waals surface area (Å²) >= 11 is 0. The molecule has 4 atom stereocenters. The molecule has 1 spiro atoms. The van der Waals surface area contributed by atoms with Gasteiger partial charge in [-0.2, -0.15) is 0 Å². The number of hydrogen-bond donors (Lipinski definition) is 2. The van der Waals surface area contributed by atoms with Gasteiger partial charge in [0.15, 0.2) is 5.78 Å². The molecule has 3 aliphatic heterocycles. The fraction of sp³-hybridized carbons (Fsp3) is 0.121. The number of carbonyl (C=O) groups is 3. The van der Waals surface area contributed by atoms with Crippen molar-refractivity contribution < 1.29 is 18.8 Å². The van der Waals surface area contributed by atoms with E-state index in [0.29, 0.717) is 16.9 Å². The molecule has 1 saturated heterocycles. The van der Waals surface area contributed by atoms with Crippen LogP contribution in [0.1, 0.15) is 21.5 Å². The number of Topliss-reactive ketones (excluding diaryl/α,β-unsaturated/α-hetero) is 1. The van der Waals surface area contributed by atoms with Crippen LogP contribution in [0.5, 0.6) is 0 Å². The average molecular weight is 530 g/mol. The standard InChI is InChI=1S/C33H24FN3O3/c34-22-17-14-21(15-18-22)30(38)28-29(31(39)35-23-9-2-1-3-10-23)37-26-13-7-4-8-20(26)16-19-27(37)33(28)24-11-5-6-12-25(24)36-32(33)40/h1-19,27-29H,(H,35,39)(H,36,40)/t27?,28-,29+,33+/m0/s1. The smallest absolute Gasteiger partial charge is 0.247 e. The van der Waals surface area contributed by atoms with Gasteiger partial charge in [-0.25, -0.2) is 4.39 Å². The van der Waals surface area contributed by atoms with Crippen LogP contribution < -0.4 is 15.5 Å². The van der Waals surface area contributed by atoms with Crippen molar-refractivity contribution in [2.45, 2.75) is 17.5 Å². The lowest BCUT2D eigenvalue weighted by Crippen LogP contribution is -2.51. The highest BCUT2D eigenvalue weighted by Crippen LogP contribution is 2.57. The third kappa shape index (κ3) is 3.37. The van der Waals surface area contributed by atoms with Crippen molar-refractivity contribution in [1.29, 1.82) is 0 Å². The molecule has 3 aliphatic rings. The van der Waals surface area contributed by atoms with Gasteiger partial charge in [0.2, 0.25) is 11.8 Å². The summed E-state index contributed by atoms with van der Waals surface area (Å²) in [6.45, 7) is 0. The Morgan fingerprint density at radius 2 is 1.55 bits per heavy atom. The van der Waals surface area contributed by atoms with Crippen LogP contribution in [-0.4, -0.2) is 29.7 Å². The first kappa shape index (κ1) is 24.0. The number of anilines is 3. The average Bonchev–Trinajstić information content (AvgIpc) is 3.46. The monoisotopic (exact) mass is 529 g/mol. The predicted octanol–water partition coefficient (Wildman–Crippen LogP) is 5.44. The molecule has 2 amide bonds. The van der Waals surface area contributed by atoms with Crippen LogP contribution in [0.25, 0.3) is 6.08 Å². The third-order valence-electron chi connectivity index (χ3n) is 8.26. The van der Waals surface area contributed by atoms with E-state index in [-0.39, 0.29) is 11.5 Å². The van der Waals surface area contributed by atoms with E-state index in [0.717, 1.165) is 11.3 Å². The highest BCUT2D eigenvalue weighted by molar-refractivity contribution is 6.17. The van der Waals surface area contributed by atoms with E-state index >= 15 is 0 Å². The predicted molar refractivity (Wildman–Crippen MR) is 152 cm³/mol. The topological polar surface area (TPSA) is 78.5 Å². The van der Waals surface area contributed by atoms with Gasteiger partial charge >= 0.3 is 0 Å². The van der Waals surface area contributed by atoms with E-state index in [1.807, 2.05) is 83.8 Å². The van der Waals surface area contributed by atoms with Crippen molar-refractivity contribution in [2.75, 3.05) is 15.5 Å². The lowest BCUT2D eigenvalue weighted by atomic mass is 9.64. The van der Waals surface area contributed by atoms with Gasteiger partial charge in [-0.15, -0.1) is 0 Å². The molecular weight excluding hydrogens is 505 g/mol. The van der Waals surface area contributed by atoms with Gasteiger partial charge in [0.05, 0.1) is 12.0 Å². The molecule has 4 aromatic carbocycles. The number of amides is 2. The first-order valence-corrected chi connectivity index (χ1v) is 13.1. The van der Waals surface area contributed by atoms with E-state index in [2.05, 4.69) is 10.6 Å². The molecule has 0 bridgehead atoms. The minimum absolute atomic E-state index is 0.234. The first-order valence-electron chi connectivity index (χ1n) is 13.1. The summed E-state index contributed by atoms with van der Waals surface area (Å²) in [5.41, 5.74) is 2.31. The summed E-state index contributed by atoms with van der Waals surface area (Å²) in [6, 6.07) is 27.6. The molecular formula is C33H24FN3O3. The zero-order valence-corrected chi connectivity index (χ0v) is 21.3. The van der Waals surface area contributed by atoms with Crippen LogP contribution in [0.2, 0.25) is 0 Å². The maximum absolute atomic E-state index is 14.6. The van der Waals surface area contributed by atoms with E-state index < -0.39 is 40.9 Å². The molecule has 1 fully saturated rings. The number of hydrogen-bond acceptors (Lipinski definition) is 4. The second-order valence-electron chi connectivity index (χ2n) is 10.3. The van der Waals surface area contributed by atoms with E-state index in [4.69, 9.17) is 0 Å². The van der Waals surface area contributed by atoms with Crippen molar-refractivity contribution >= 4 is 40.7 Å². The minimum atomic E-state index is -1.41. The Balaban J connectivity index is 1.49. The normalized spacial score (nSPS) is 23.8. The van der Waals surface area contributed by atoms with Gasteiger partial charge in [0.25, 0.3) is 0 Å². The quantitative estimate of drug-likeness (QED) is 0.345. The minimum Gasteiger partial charge on any atom is -0.350 e. The number of carbonyl (C=O) groups excluding carboxylic acids is 3. The molecule has 40 heavy (non-hydrogen) atoms. The lowest BCUT2D eigenvalue weighted by Gasteiger charge is -2.37. The van der Waals surface area contributed by atoms with Crippen LogP contribution >= 0.6 is 0 Å². The van der Waals surface area contributed by atoms with Crippen molar-refractivity contribution in [1.82, 2.24) is 0 Å². The molecule has 4 aromatic rings. The molecule has 2 N–H and O–H groups in total. The number of rotatable bonds is 4. The SMILES string of the molecule is O=C(c1ccc(F)cc1)[C@@H]1[C@H](C(=O)Nc2ccccc2)N2c3ccccc3C=CC2[C@@]12C(=O)Nc1ccccc12. The van der Waals surface area contributed by atoms with Crippen molar-refractivity contribution in [3.63, 3.8) is 0 Å². The van der Waals surface area contributed by atoms with Crippen molar-refractivity contribution in [2.24, 2.45) is 5.92 Å². The zero-order valence-electron chi connectivity index (χ0n) is 21.3. The summed E-state index contributed by atoms with van der Waals surface area (Å²) in [7, 11) is 0. The first-order chi connectivity index (χ1) is 19.5. The molecule has 0 aliphatic carbocycles. The van der Waals surface area contributed by atoms with E-state index in [1.54, 1.807) is 12.1 Å². The molecule has 0 aromatic heterocycles. The highest BCUT2D eigenvalue weighted by Gasteiger charge is 2.70. The van der Waals surface area contributed by atoms with Gasteiger partial charge in [-0.3, -0.25) is 14.4 Å². The Hall–Kier alpha value is -5.04. The number of para-hydroxylation sites is 3. The van der Waals surface area contributed by atoms with E-state index in [1.165, 1.54) is 24.3 Å². The fourth-order valence-electron chi connectivity index (χ4n) is 6.65. The van der Waals surface area contributed by atoms with Crippen LogP contribution in [0.4, 0.5) is 21.5 Å². The second kappa shape index (κ2) is 9.02. The summed E-state index contributed by atoms with van der Waals surface area (Å²) in [5, 5.41) is 5.99. The maximum Gasteiger partial charge on any atom is 0.247 e. The van der Waals surface area contributed by atoms with E-state index in [9.17, 15) is 18.8 Å². The number of benzene rings is 4. The summed E-state index contributed by atoms with van der Waals surface area (Å²) in [6.07, 6.45) is 3.87. The van der Waals surface area contributed by atoms with Crippen LogP contribution in [0.3, 0.4) is 0 Å². The number of nitrogens with one attached hydrogen (secondary N) is 2. The van der Waals surface area contributed by atoms with Crippen LogP contribution in [0, 0.1) is 11.7 Å². The molecule has 196 valence electrons. The number of ketones is 1. The number of halogens is 1. The summed E-state index contributed by atoms with van der Waals surface area (Å²) < 4.78 is 13.9. The Kier molecular flexibility index (Phi) is 5.42. The van der Waals surface area contributed by atoms with Crippen molar-refractivity contribution in [3.05, 3.63) is 132 Å². The Bertz CT molecular complexity index is 1700. The van der Waals surface area contributed by atoms with Gasteiger partial charge < -0.3 is 15.5 Å². The zero-order chi connectivity index (χ0) is 27.4. The molecule has 0 saturated carbocycles. The highest BCUT2D eigenvalue weighted by atomic mass is 19.1. The largest absolute Gasteiger partial charge is 0.350 e.